The average Bonchev–Trinajstić information content (AvgIpc) is 3.29. The zero-order chi connectivity index (χ0) is 16.5. The lowest BCUT2D eigenvalue weighted by Crippen LogP contribution is -2.17. The number of rotatable bonds is 5. The summed E-state index contributed by atoms with van der Waals surface area (Å²) < 4.78 is 0. The first kappa shape index (κ1) is 15.7. The average molecular weight is 343 g/mol. The van der Waals surface area contributed by atoms with E-state index < -0.39 is 0 Å². The molecule has 4 rings (SSSR count). The fourth-order valence-corrected chi connectivity index (χ4v) is 3.43. The molecule has 2 aromatic rings. The summed E-state index contributed by atoms with van der Waals surface area (Å²) in [7, 11) is 0. The van der Waals surface area contributed by atoms with Crippen LogP contribution in [0.3, 0.4) is 0 Å². The van der Waals surface area contributed by atoms with E-state index in [2.05, 4.69) is 21.7 Å². The Bertz CT molecular complexity index is 736. The summed E-state index contributed by atoms with van der Waals surface area (Å²) in [6, 6.07) is 8.59. The van der Waals surface area contributed by atoms with E-state index in [0.29, 0.717) is 12.0 Å². The van der Waals surface area contributed by atoms with Crippen molar-refractivity contribution >= 4 is 29.1 Å². The van der Waals surface area contributed by atoms with Gasteiger partial charge in [-0.2, -0.15) is 4.98 Å². The van der Waals surface area contributed by atoms with Gasteiger partial charge in [0.2, 0.25) is 5.95 Å². The summed E-state index contributed by atoms with van der Waals surface area (Å²) in [5.74, 6) is 2.19. The molecule has 0 unspecified atom stereocenters. The van der Waals surface area contributed by atoms with Crippen molar-refractivity contribution in [2.75, 3.05) is 10.6 Å². The molecule has 24 heavy (non-hydrogen) atoms. The number of aryl methyl sites for hydroxylation is 1. The fourth-order valence-electron chi connectivity index (χ4n) is 3.25. The van der Waals surface area contributed by atoms with Gasteiger partial charge in [-0.3, -0.25) is 0 Å². The number of nitrogens with one attached hydrogen (secondary N) is 2. The van der Waals surface area contributed by atoms with Crippen LogP contribution in [-0.4, -0.2) is 16.0 Å². The third-order valence-electron chi connectivity index (χ3n) is 4.87. The van der Waals surface area contributed by atoms with E-state index in [0.717, 1.165) is 33.7 Å². The largest absolute Gasteiger partial charge is 0.351 e. The minimum absolute atomic E-state index is 0.515. The monoisotopic (exact) mass is 342 g/mol. The maximum Gasteiger partial charge on any atom is 0.225 e. The normalized spacial score (nSPS) is 17.9. The Hall–Kier alpha value is -1.81. The number of hydrogen-bond acceptors (Lipinski definition) is 4. The standard InChI is InChI=1S/C19H23ClN4/c1-12-6-9-15(10-16(12)20)21-18-11-17(13-7-8-13)23-19(24-18)22-14-4-2-3-5-14/h6,9-11,13-14H,2-5,7-8H2,1H3,(H2,21,22,23,24). The highest BCUT2D eigenvalue weighted by Gasteiger charge is 2.27. The maximum absolute atomic E-state index is 6.23. The van der Waals surface area contributed by atoms with Gasteiger partial charge in [0.25, 0.3) is 0 Å². The molecule has 0 saturated heterocycles. The summed E-state index contributed by atoms with van der Waals surface area (Å²) in [5, 5.41) is 7.67. The van der Waals surface area contributed by atoms with Crippen LogP contribution in [0.15, 0.2) is 24.3 Å². The molecule has 1 aromatic heterocycles. The molecule has 5 heteroatoms. The zero-order valence-electron chi connectivity index (χ0n) is 14.0. The Morgan fingerprint density at radius 3 is 2.54 bits per heavy atom. The number of hydrogen-bond donors (Lipinski definition) is 2. The Labute approximate surface area is 148 Å². The highest BCUT2D eigenvalue weighted by Crippen LogP contribution is 2.40. The van der Waals surface area contributed by atoms with Gasteiger partial charge in [0.1, 0.15) is 5.82 Å². The first-order valence-corrected chi connectivity index (χ1v) is 9.24. The molecule has 2 aliphatic carbocycles. The van der Waals surface area contributed by atoms with Gasteiger partial charge in [-0.15, -0.1) is 0 Å². The Morgan fingerprint density at radius 1 is 1.04 bits per heavy atom. The first-order chi connectivity index (χ1) is 11.7. The lowest BCUT2D eigenvalue weighted by molar-refractivity contribution is 0.742. The van der Waals surface area contributed by atoms with E-state index in [1.54, 1.807) is 0 Å². The van der Waals surface area contributed by atoms with Crippen molar-refractivity contribution in [1.29, 1.82) is 0 Å². The highest BCUT2D eigenvalue weighted by atomic mass is 35.5. The van der Waals surface area contributed by atoms with Gasteiger partial charge in [0.05, 0.1) is 5.69 Å². The molecule has 126 valence electrons. The maximum atomic E-state index is 6.23. The molecule has 4 nitrogen and oxygen atoms in total. The molecule has 0 radical (unpaired) electrons. The van der Waals surface area contributed by atoms with Gasteiger partial charge >= 0.3 is 0 Å². The van der Waals surface area contributed by atoms with Crippen LogP contribution in [0.2, 0.25) is 5.02 Å². The van der Waals surface area contributed by atoms with E-state index in [9.17, 15) is 0 Å². The summed E-state index contributed by atoms with van der Waals surface area (Å²) in [6.45, 7) is 2.01. The van der Waals surface area contributed by atoms with Crippen LogP contribution in [-0.2, 0) is 0 Å². The number of aromatic nitrogens is 2. The molecule has 1 aromatic carbocycles. The third-order valence-corrected chi connectivity index (χ3v) is 5.28. The topological polar surface area (TPSA) is 49.8 Å². The molecular weight excluding hydrogens is 320 g/mol. The van der Waals surface area contributed by atoms with Crippen molar-refractivity contribution in [2.24, 2.45) is 0 Å². The van der Waals surface area contributed by atoms with Crippen molar-refractivity contribution in [3.8, 4) is 0 Å². The molecule has 0 spiro atoms. The lowest BCUT2D eigenvalue weighted by Gasteiger charge is -2.15. The van der Waals surface area contributed by atoms with Crippen molar-refractivity contribution < 1.29 is 0 Å². The minimum Gasteiger partial charge on any atom is -0.351 e. The van der Waals surface area contributed by atoms with Crippen molar-refractivity contribution in [3.63, 3.8) is 0 Å². The van der Waals surface area contributed by atoms with Crippen molar-refractivity contribution in [3.05, 3.63) is 40.5 Å². The van der Waals surface area contributed by atoms with Crippen LogP contribution in [0.4, 0.5) is 17.5 Å². The van der Waals surface area contributed by atoms with Crippen LogP contribution in [0, 0.1) is 6.92 Å². The molecule has 2 fully saturated rings. The summed E-state index contributed by atoms with van der Waals surface area (Å²) in [6.07, 6.45) is 7.49. The quantitative estimate of drug-likeness (QED) is 0.762. The summed E-state index contributed by atoms with van der Waals surface area (Å²) in [4.78, 5) is 9.42. The van der Waals surface area contributed by atoms with Gasteiger partial charge in [-0.05, 0) is 50.3 Å². The summed E-state index contributed by atoms with van der Waals surface area (Å²) >= 11 is 6.23. The Kier molecular flexibility index (Phi) is 4.31. The van der Waals surface area contributed by atoms with Crippen LogP contribution in [0.5, 0.6) is 0 Å². The van der Waals surface area contributed by atoms with Crippen LogP contribution < -0.4 is 10.6 Å². The van der Waals surface area contributed by atoms with Crippen LogP contribution in [0.25, 0.3) is 0 Å². The molecule has 0 aliphatic heterocycles. The molecule has 0 atom stereocenters. The Morgan fingerprint density at radius 2 is 1.83 bits per heavy atom. The fraction of sp³-hybridized carbons (Fsp3) is 0.474. The van der Waals surface area contributed by atoms with Crippen molar-refractivity contribution in [2.45, 2.75) is 57.4 Å². The number of nitrogens with zero attached hydrogens (tertiary/aromatic N) is 2. The first-order valence-electron chi connectivity index (χ1n) is 8.86. The highest BCUT2D eigenvalue weighted by molar-refractivity contribution is 6.31. The number of anilines is 3. The van der Waals surface area contributed by atoms with E-state index >= 15 is 0 Å². The third kappa shape index (κ3) is 3.64. The van der Waals surface area contributed by atoms with Crippen LogP contribution >= 0.6 is 11.6 Å². The molecular formula is C19H23ClN4. The molecule has 0 bridgehead atoms. The molecule has 0 amide bonds. The number of halogens is 1. The Balaban J connectivity index is 1.58. The second kappa shape index (κ2) is 6.60. The van der Waals surface area contributed by atoms with E-state index in [4.69, 9.17) is 16.6 Å². The minimum atomic E-state index is 0.515. The SMILES string of the molecule is Cc1ccc(Nc2cc(C3CC3)nc(NC3CCCC3)n2)cc1Cl. The van der Waals surface area contributed by atoms with Crippen molar-refractivity contribution in [1.82, 2.24) is 9.97 Å². The molecule has 2 N–H and O–H groups in total. The van der Waals surface area contributed by atoms with Gasteiger partial charge in [0.15, 0.2) is 0 Å². The second-order valence-electron chi connectivity index (χ2n) is 6.99. The number of benzene rings is 1. The second-order valence-corrected chi connectivity index (χ2v) is 7.40. The summed E-state index contributed by atoms with van der Waals surface area (Å²) in [5.41, 5.74) is 3.18. The smallest absolute Gasteiger partial charge is 0.225 e. The predicted octanol–water partition coefficient (Wildman–Crippen LogP) is 5.41. The van der Waals surface area contributed by atoms with Gasteiger partial charge in [-0.1, -0.05) is 30.5 Å². The van der Waals surface area contributed by atoms with E-state index in [1.807, 2.05) is 25.1 Å². The van der Waals surface area contributed by atoms with E-state index in [1.165, 1.54) is 38.5 Å². The molecule has 2 saturated carbocycles. The molecule has 1 heterocycles. The zero-order valence-corrected chi connectivity index (χ0v) is 14.7. The van der Waals surface area contributed by atoms with Gasteiger partial charge < -0.3 is 10.6 Å². The predicted molar refractivity (Wildman–Crippen MR) is 99.4 cm³/mol. The van der Waals surface area contributed by atoms with Gasteiger partial charge in [0, 0.05) is 28.7 Å². The van der Waals surface area contributed by atoms with E-state index in [-0.39, 0.29) is 0 Å². The molecule has 2 aliphatic rings. The van der Waals surface area contributed by atoms with Crippen LogP contribution in [0.1, 0.15) is 55.7 Å². The van der Waals surface area contributed by atoms with Gasteiger partial charge in [-0.25, -0.2) is 4.98 Å². The lowest BCUT2D eigenvalue weighted by atomic mass is 10.2.